The molecule has 1 aromatic heterocycles. The average molecular weight is 495 g/mol. The molecular weight excluding hydrogens is 476 g/mol. The van der Waals surface area contributed by atoms with Crippen molar-refractivity contribution in [2.24, 2.45) is 0 Å². The van der Waals surface area contributed by atoms with E-state index in [0.29, 0.717) is 0 Å². The van der Waals surface area contributed by atoms with Crippen LogP contribution in [0, 0.1) is 0 Å². The third kappa shape index (κ3) is 4.90. The molecule has 1 aromatic carbocycles. The molecule has 1 saturated heterocycles. The van der Waals surface area contributed by atoms with E-state index in [1.165, 1.54) is 42.7 Å². The molecule has 31 heavy (non-hydrogen) atoms. The van der Waals surface area contributed by atoms with E-state index >= 15 is 0 Å². The van der Waals surface area contributed by atoms with Crippen LogP contribution in [-0.4, -0.2) is 42.6 Å². The molecule has 1 fully saturated rings. The number of hydrogen-bond acceptors (Lipinski definition) is 10. The number of hydrogen-bond donors (Lipinski definition) is 4. The highest BCUT2D eigenvalue weighted by molar-refractivity contribution is 7.76. The van der Waals surface area contributed by atoms with Crippen LogP contribution in [0.1, 0.15) is 24.3 Å². The minimum absolute atomic E-state index is 0.00591. The standard InChI is InChI=1S/C17H18ClNO10P2/c1-2-26-16(20)27-14-6-5-12(8-13(14)18)15-28-30(22,23)17(21,31(24,25)29-15)9-11-4-3-7-19-10-11/h3-8,10,15,21-23H,2,9H2,1H3/p+1. The second kappa shape index (κ2) is 9.07. The van der Waals surface area contributed by atoms with Gasteiger partial charge in [-0.3, -0.25) is 14.1 Å². The average Bonchev–Trinajstić information content (AvgIpc) is 2.68. The number of carbonyl (C=O) groups excluding carboxylic acids is 1. The van der Waals surface area contributed by atoms with E-state index in [1.54, 1.807) is 6.92 Å². The third-order valence-electron chi connectivity index (χ3n) is 4.25. The highest BCUT2D eigenvalue weighted by atomic mass is 35.5. The molecule has 11 nitrogen and oxygen atoms in total. The lowest BCUT2D eigenvalue weighted by Crippen LogP contribution is -2.40. The summed E-state index contributed by atoms with van der Waals surface area (Å²) in [5.74, 6) is -0.0750. The molecule has 3 atom stereocenters. The molecule has 2 aromatic rings. The molecule has 0 bridgehead atoms. The Morgan fingerprint density at radius 2 is 2.13 bits per heavy atom. The van der Waals surface area contributed by atoms with Gasteiger partial charge < -0.3 is 19.5 Å². The summed E-state index contributed by atoms with van der Waals surface area (Å²) in [7, 11) is -9.96. The number of nitrogens with zero attached hydrogens (tertiary/aromatic N) is 1. The number of benzene rings is 1. The zero-order valence-corrected chi connectivity index (χ0v) is 18.5. The fourth-order valence-electron chi connectivity index (χ4n) is 2.70. The molecule has 0 radical (unpaired) electrons. The minimum atomic E-state index is -5.07. The Morgan fingerprint density at radius 1 is 1.39 bits per heavy atom. The van der Waals surface area contributed by atoms with Crippen LogP contribution in [0.4, 0.5) is 4.79 Å². The molecular formula is C17H19ClNO10P2+. The van der Waals surface area contributed by atoms with Crippen molar-refractivity contribution < 1.29 is 47.7 Å². The van der Waals surface area contributed by atoms with Gasteiger partial charge in [-0.2, -0.15) is 9.79 Å². The van der Waals surface area contributed by atoms with Crippen molar-refractivity contribution in [2.75, 3.05) is 6.61 Å². The summed E-state index contributed by atoms with van der Waals surface area (Å²) in [4.78, 5) is 46.6. The molecule has 1 aliphatic heterocycles. The summed E-state index contributed by atoms with van der Waals surface area (Å²) in [6.07, 6.45) is -0.669. The Morgan fingerprint density at radius 3 is 2.71 bits per heavy atom. The lowest BCUT2D eigenvalue weighted by Gasteiger charge is -2.38. The van der Waals surface area contributed by atoms with Crippen LogP contribution in [0.25, 0.3) is 0 Å². The Labute approximate surface area is 182 Å². The molecule has 0 amide bonds. The Balaban J connectivity index is 1.86. The molecule has 1 aliphatic rings. The Bertz CT molecular complexity index is 1010. The molecule has 3 rings (SSSR count). The van der Waals surface area contributed by atoms with Gasteiger partial charge >= 0.3 is 26.8 Å². The highest BCUT2D eigenvalue weighted by Gasteiger charge is 2.77. The van der Waals surface area contributed by atoms with E-state index < -0.39 is 39.5 Å². The van der Waals surface area contributed by atoms with Gasteiger partial charge in [-0.15, -0.1) is 4.52 Å². The quantitative estimate of drug-likeness (QED) is 0.274. The van der Waals surface area contributed by atoms with E-state index in [1.807, 2.05) is 0 Å². The van der Waals surface area contributed by atoms with E-state index in [2.05, 4.69) is 9.72 Å². The summed E-state index contributed by atoms with van der Waals surface area (Å²) >= 11 is 6.05. The van der Waals surface area contributed by atoms with Gasteiger partial charge in [-0.1, -0.05) is 17.7 Å². The van der Waals surface area contributed by atoms with Crippen LogP contribution in [0.5, 0.6) is 5.75 Å². The van der Waals surface area contributed by atoms with Crippen LogP contribution in [0.2, 0.25) is 5.02 Å². The van der Waals surface area contributed by atoms with Crippen molar-refractivity contribution in [3.05, 3.63) is 58.9 Å². The molecule has 0 saturated carbocycles. The molecule has 168 valence electrons. The maximum atomic E-state index is 12.8. The van der Waals surface area contributed by atoms with Crippen molar-refractivity contribution in [3.63, 3.8) is 0 Å². The summed E-state index contributed by atoms with van der Waals surface area (Å²) in [5.41, 5.74) is 0.257. The first kappa shape index (κ1) is 24.0. The van der Waals surface area contributed by atoms with Gasteiger partial charge in [-0.25, -0.2) is 4.79 Å². The molecule has 0 aliphatic carbocycles. The number of carbonyl (C=O) groups is 1. The largest absolute Gasteiger partial charge is 0.513 e. The predicted molar refractivity (Wildman–Crippen MR) is 108 cm³/mol. The van der Waals surface area contributed by atoms with Gasteiger partial charge in [0.05, 0.1) is 18.1 Å². The highest BCUT2D eigenvalue weighted by Crippen LogP contribution is 2.82. The summed E-state index contributed by atoms with van der Waals surface area (Å²) in [6, 6.07) is 6.64. The number of rotatable bonds is 5. The van der Waals surface area contributed by atoms with Crippen molar-refractivity contribution in [1.82, 2.24) is 4.98 Å². The van der Waals surface area contributed by atoms with Gasteiger partial charge in [0, 0.05) is 18.0 Å². The van der Waals surface area contributed by atoms with Crippen molar-refractivity contribution in [2.45, 2.75) is 24.7 Å². The molecule has 2 heterocycles. The van der Waals surface area contributed by atoms with Crippen LogP contribution < -0.4 is 4.74 Å². The van der Waals surface area contributed by atoms with Crippen LogP contribution >= 0.6 is 27.1 Å². The van der Waals surface area contributed by atoms with E-state index in [4.69, 9.17) is 25.4 Å². The fraction of sp³-hybridized carbons (Fsp3) is 0.294. The zero-order valence-electron chi connectivity index (χ0n) is 16.0. The fourth-order valence-corrected chi connectivity index (χ4v) is 6.56. The van der Waals surface area contributed by atoms with Crippen LogP contribution in [0.3, 0.4) is 0 Å². The Hall–Kier alpha value is -1.65. The third-order valence-corrected chi connectivity index (χ3v) is 9.20. The molecule has 4 N–H and O–H groups in total. The second-order valence-electron chi connectivity index (χ2n) is 6.39. The number of aliphatic hydroxyl groups is 1. The monoisotopic (exact) mass is 494 g/mol. The van der Waals surface area contributed by atoms with Gasteiger partial charge in [0.2, 0.25) is 6.29 Å². The van der Waals surface area contributed by atoms with Crippen molar-refractivity contribution in [3.8, 4) is 5.75 Å². The topological polar surface area (TPSA) is 165 Å². The van der Waals surface area contributed by atoms with E-state index in [9.17, 15) is 29.1 Å². The predicted octanol–water partition coefficient (Wildman–Crippen LogP) is 3.14. The number of pyridine rings is 1. The molecule has 14 heteroatoms. The number of halogens is 1. The van der Waals surface area contributed by atoms with Gasteiger partial charge in [0.25, 0.3) is 0 Å². The first-order valence-electron chi connectivity index (χ1n) is 8.79. The van der Waals surface area contributed by atoms with Crippen molar-refractivity contribution in [1.29, 1.82) is 0 Å². The lowest BCUT2D eigenvalue weighted by atomic mass is 10.2. The van der Waals surface area contributed by atoms with E-state index in [0.717, 1.165) is 0 Å². The summed E-state index contributed by atoms with van der Waals surface area (Å²) < 4.78 is 32.5. The SMILES string of the molecule is CCOC(=O)Oc1ccc(C2OP(=O)(O)C(O)(Cc3cccnc3)[P+](O)(O)O2)cc1Cl. The van der Waals surface area contributed by atoms with Gasteiger partial charge in [0.1, 0.15) is 0 Å². The Kier molecular flexibility index (Phi) is 7.02. The van der Waals surface area contributed by atoms with E-state index in [-0.39, 0.29) is 28.5 Å². The number of aromatic nitrogens is 1. The first-order valence-corrected chi connectivity index (χ1v) is 12.4. The van der Waals surface area contributed by atoms with Gasteiger partial charge in [-0.05, 0) is 36.8 Å². The smallest absolute Gasteiger partial charge is 0.434 e. The number of ether oxygens (including phenoxy) is 2. The molecule has 3 unspecified atom stereocenters. The normalized spacial score (nSPS) is 27.5. The lowest BCUT2D eigenvalue weighted by molar-refractivity contribution is -0.0683. The van der Waals surface area contributed by atoms with Crippen molar-refractivity contribution >= 4 is 33.3 Å². The van der Waals surface area contributed by atoms with Crippen LogP contribution in [-0.2, 0) is 24.8 Å². The zero-order chi connectivity index (χ0) is 22.9. The maximum absolute atomic E-state index is 12.8. The minimum Gasteiger partial charge on any atom is -0.434 e. The second-order valence-corrected chi connectivity index (χ2v) is 11.2. The van der Waals surface area contributed by atoms with Crippen LogP contribution in [0.15, 0.2) is 42.7 Å². The summed E-state index contributed by atoms with van der Waals surface area (Å²) in [5, 5.41) is 7.64. The van der Waals surface area contributed by atoms with Gasteiger partial charge in [0.15, 0.2) is 5.75 Å². The maximum Gasteiger partial charge on any atom is 0.513 e. The first-order chi connectivity index (χ1) is 14.5. The molecule has 0 spiro atoms. The summed E-state index contributed by atoms with van der Waals surface area (Å²) in [6.45, 7) is 1.68.